The van der Waals surface area contributed by atoms with Gasteiger partial charge in [0.25, 0.3) is 0 Å². The van der Waals surface area contributed by atoms with Gasteiger partial charge in [0, 0.05) is 6.54 Å². The summed E-state index contributed by atoms with van der Waals surface area (Å²) in [6.45, 7) is 1.32. The molecule has 0 amide bonds. The quantitative estimate of drug-likeness (QED) is 0.818. The molecular weight excluding hydrogens is 268 g/mol. The Bertz CT molecular complexity index is 540. The highest BCUT2D eigenvalue weighted by molar-refractivity contribution is 6.30. The van der Waals surface area contributed by atoms with Gasteiger partial charge < -0.3 is 5.32 Å². The monoisotopic (exact) mass is 281 g/mol. The first-order valence-corrected chi connectivity index (χ1v) is 6.42. The molecule has 0 aliphatic carbocycles. The molecule has 0 saturated heterocycles. The topological polar surface area (TPSA) is 12.0 Å². The van der Waals surface area contributed by atoms with E-state index in [1.807, 2.05) is 0 Å². The second-order valence-corrected chi connectivity index (χ2v) is 4.71. The van der Waals surface area contributed by atoms with E-state index in [0.29, 0.717) is 6.54 Å². The summed E-state index contributed by atoms with van der Waals surface area (Å²) in [6.07, 6.45) is 0.802. The smallest absolute Gasteiger partial charge is 0.142 e. The molecule has 0 spiro atoms. The molecule has 0 atom stereocenters. The molecule has 0 aliphatic rings. The molecule has 0 fully saturated rings. The van der Waals surface area contributed by atoms with Gasteiger partial charge in [-0.2, -0.15) is 0 Å². The predicted molar refractivity (Wildman–Crippen MR) is 73.2 cm³/mol. The lowest BCUT2D eigenvalue weighted by Gasteiger charge is -2.06. The molecule has 19 heavy (non-hydrogen) atoms. The standard InChI is InChI=1S/C15H14ClF2N/c16-14-6-3-12(9-15(14)18)10-19-8-7-11-1-4-13(17)5-2-11/h1-6,9,19H,7-8,10H2. The third-order valence-electron chi connectivity index (χ3n) is 2.82. The zero-order valence-electron chi connectivity index (χ0n) is 10.3. The summed E-state index contributed by atoms with van der Waals surface area (Å²) >= 11 is 5.61. The maximum atomic E-state index is 13.2. The Morgan fingerprint density at radius 3 is 2.32 bits per heavy atom. The second kappa shape index (κ2) is 6.64. The molecule has 0 bridgehead atoms. The van der Waals surface area contributed by atoms with Gasteiger partial charge in [0.1, 0.15) is 11.6 Å². The van der Waals surface area contributed by atoms with Gasteiger partial charge in [-0.3, -0.25) is 0 Å². The van der Waals surface area contributed by atoms with Crippen molar-refractivity contribution in [3.8, 4) is 0 Å². The minimum atomic E-state index is -0.403. The van der Waals surface area contributed by atoms with Crippen LogP contribution < -0.4 is 5.32 Å². The van der Waals surface area contributed by atoms with Gasteiger partial charge in [-0.1, -0.05) is 29.8 Å². The summed E-state index contributed by atoms with van der Waals surface area (Å²) in [4.78, 5) is 0. The number of nitrogens with one attached hydrogen (secondary N) is 1. The molecule has 1 nitrogen and oxygen atoms in total. The van der Waals surface area contributed by atoms with E-state index in [1.54, 1.807) is 24.3 Å². The van der Waals surface area contributed by atoms with Crippen molar-refractivity contribution in [1.82, 2.24) is 5.32 Å². The molecule has 0 saturated carbocycles. The van der Waals surface area contributed by atoms with Crippen molar-refractivity contribution in [2.45, 2.75) is 13.0 Å². The van der Waals surface area contributed by atoms with Crippen LogP contribution in [0.5, 0.6) is 0 Å². The summed E-state index contributed by atoms with van der Waals surface area (Å²) in [7, 11) is 0. The summed E-state index contributed by atoms with van der Waals surface area (Å²) in [5.74, 6) is -0.632. The maximum absolute atomic E-state index is 13.2. The molecular formula is C15H14ClF2N. The van der Waals surface area contributed by atoms with Gasteiger partial charge in [0.05, 0.1) is 5.02 Å². The Balaban J connectivity index is 1.77. The van der Waals surface area contributed by atoms with E-state index in [2.05, 4.69) is 5.32 Å². The Morgan fingerprint density at radius 1 is 0.947 bits per heavy atom. The van der Waals surface area contributed by atoms with Crippen molar-refractivity contribution in [1.29, 1.82) is 0 Å². The van der Waals surface area contributed by atoms with Crippen LogP contribution >= 0.6 is 11.6 Å². The lowest BCUT2D eigenvalue weighted by Crippen LogP contribution is -2.16. The van der Waals surface area contributed by atoms with E-state index >= 15 is 0 Å². The van der Waals surface area contributed by atoms with Crippen LogP contribution in [0.25, 0.3) is 0 Å². The third-order valence-corrected chi connectivity index (χ3v) is 3.12. The Labute approximate surface area is 116 Å². The van der Waals surface area contributed by atoms with E-state index in [-0.39, 0.29) is 10.8 Å². The van der Waals surface area contributed by atoms with E-state index in [9.17, 15) is 8.78 Å². The first kappa shape index (κ1) is 14.0. The molecule has 0 heterocycles. The highest BCUT2D eigenvalue weighted by Crippen LogP contribution is 2.15. The average molecular weight is 282 g/mol. The fourth-order valence-electron chi connectivity index (χ4n) is 1.77. The normalized spacial score (nSPS) is 10.7. The molecule has 2 aromatic rings. The lowest BCUT2D eigenvalue weighted by molar-refractivity contribution is 0.619. The van der Waals surface area contributed by atoms with E-state index in [4.69, 9.17) is 11.6 Å². The van der Waals surface area contributed by atoms with E-state index in [0.717, 1.165) is 24.1 Å². The summed E-state index contributed by atoms with van der Waals surface area (Å²) in [5.41, 5.74) is 1.91. The van der Waals surface area contributed by atoms with Crippen LogP contribution in [-0.2, 0) is 13.0 Å². The van der Waals surface area contributed by atoms with Gasteiger partial charge >= 0.3 is 0 Å². The zero-order valence-corrected chi connectivity index (χ0v) is 11.1. The van der Waals surface area contributed by atoms with E-state index in [1.165, 1.54) is 18.2 Å². The van der Waals surface area contributed by atoms with Crippen LogP contribution in [0.15, 0.2) is 42.5 Å². The Morgan fingerprint density at radius 2 is 1.63 bits per heavy atom. The first-order valence-electron chi connectivity index (χ1n) is 6.04. The van der Waals surface area contributed by atoms with Crippen LogP contribution in [0.3, 0.4) is 0 Å². The minimum absolute atomic E-state index is 0.134. The van der Waals surface area contributed by atoms with Gasteiger partial charge in [0.2, 0.25) is 0 Å². The predicted octanol–water partition coefficient (Wildman–Crippen LogP) is 3.95. The highest BCUT2D eigenvalue weighted by Gasteiger charge is 2.00. The van der Waals surface area contributed by atoms with Crippen LogP contribution in [0, 0.1) is 11.6 Å². The molecule has 0 unspecified atom stereocenters. The van der Waals surface area contributed by atoms with Crippen molar-refractivity contribution in [2.75, 3.05) is 6.54 Å². The number of benzene rings is 2. The van der Waals surface area contributed by atoms with Gasteiger partial charge in [-0.15, -0.1) is 0 Å². The van der Waals surface area contributed by atoms with Crippen molar-refractivity contribution in [3.05, 3.63) is 70.2 Å². The van der Waals surface area contributed by atoms with Crippen LogP contribution in [0.2, 0.25) is 5.02 Å². The van der Waals surface area contributed by atoms with Gasteiger partial charge in [0.15, 0.2) is 0 Å². The maximum Gasteiger partial charge on any atom is 0.142 e. The Hall–Kier alpha value is -1.45. The van der Waals surface area contributed by atoms with Crippen molar-refractivity contribution in [2.24, 2.45) is 0 Å². The molecule has 1 N–H and O–H groups in total. The first-order chi connectivity index (χ1) is 9.15. The van der Waals surface area contributed by atoms with Crippen molar-refractivity contribution < 1.29 is 8.78 Å². The number of rotatable bonds is 5. The molecule has 4 heteroatoms. The second-order valence-electron chi connectivity index (χ2n) is 4.30. The largest absolute Gasteiger partial charge is 0.312 e. The molecule has 0 radical (unpaired) electrons. The zero-order chi connectivity index (χ0) is 13.7. The third kappa shape index (κ3) is 4.30. The number of hydrogen-bond acceptors (Lipinski definition) is 1. The molecule has 0 aromatic heterocycles. The molecule has 0 aliphatic heterocycles. The van der Waals surface area contributed by atoms with Crippen LogP contribution in [0.4, 0.5) is 8.78 Å². The van der Waals surface area contributed by atoms with Gasteiger partial charge in [-0.05, 0) is 48.4 Å². The van der Waals surface area contributed by atoms with Crippen LogP contribution in [-0.4, -0.2) is 6.54 Å². The summed E-state index contributed by atoms with van der Waals surface area (Å²) in [6, 6.07) is 11.2. The summed E-state index contributed by atoms with van der Waals surface area (Å²) in [5, 5.41) is 3.34. The minimum Gasteiger partial charge on any atom is -0.312 e. The van der Waals surface area contributed by atoms with Crippen molar-refractivity contribution in [3.63, 3.8) is 0 Å². The Kier molecular flexibility index (Phi) is 4.88. The van der Waals surface area contributed by atoms with E-state index < -0.39 is 5.82 Å². The highest BCUT2D eigenvalue weighted by atomic mass is 35.5. The fourth-order valence-corrected chi connectivity index (χ4v) is 1.88. The number of halogens is 3. The molecule has 100 valence electrons. The lowest BCUT2D eigenvalue weighted by atomic mass is 10.1. The number of hydrogen-bond donors (Lipinski definition) is 1. The molecule has 2 aromatic carbocycles. The SMILES string of the molecule is Fc1ccc(CCNCc2ccc(Cl)c(F)c2)cc1. The summed E-state index contributed by atoms with van der Waals surface area (Å²) < 4.78 is 25.9. The fraction of sp³-hybridized carbons (Fsp3) is 0.200. The molecule has 2 rings (SSSR count). The van der Waals surface area contributed by atoms with Crippen molar-refractivity contribution >= 4 is 11.6 Å². The average Bonchev–Trinajstić information content (AvgIpc) is 2.41. The van der Waals surface area contributed by atoms with Gasteiger partial charge in [-0.25, -0.2) is 8.78 Å². The van der Waals surface area contributed by atoms with Crippen LogP contribution in [0.1, 0.15) is 11.1 Å².